The summed E-state index contributed by atoms with van der Waals surface area (Å²) in [5, 5.41) is 0. The van der Waals surface area contributed by atoms with Crippen LogP contribution in [-0.4, -0.2) is 29.5 Å². The molecule has 0 aliphatic heterocycles. The number of hydrogen-bond donors (Lipinski definition) is 0. The standard InChI is InChI=1S/C2H6O2Si3/c1-5-3-7-4-6-2/h1-2H3. The Balaban J connectivity index is 2.45. The first-order valence-electron chi connectivity index (χ1n) is 1.82. The van der Waals surface area contributed by atoms with Gasteiger partial charge in [0.15, 0.2) is 0 Å². The van der Waals surface area contributed by atoms with Crippen molar-refractivity contribution in [3.05, 3.63) is 0 Å². The average molecular weight is 146 g/mol. The van der Waals surface area contributed by atoms with Crippen molar-refractivity contribution in [1.82, 2.24) is 0 Å². The first-order valence-corrected chi connectivity index (χ1v) is 5.45. The molecule has 0 fully saturated rings. The van der Waals surface area contributed by atoms with E-state index in [1.807, 2.05) is 13.1 Å². The van der Waals surface area contributed by atoms with Gasteiger partial charge in [-0.3, -0.25) is 0 Å². The highest BCUT2D eigenvalue weighted by atomic mass is 28.4. The second-order valence-electron chi connectivity index (χ2n) is 0.696. The summed E-state index contributed by atoms with van der Waals surface area (Å²) in [6, 6.07) is 0. The summed E-state index contributed by atoms with van der Waals surface area (Å²) < 4.78 is 9.83. The summed E-state index contributed by atoms with van der Waals surface area (Å²) in [5.74, 6) is 0. The molecule has 5 heteroatoms. The molecule has 0 saturated heterocycles. The van der Waals surface area contributed by atoms with Crippen molar-refractivity contribution in [2.24, 2.45) is 0 Å². The first-order chi connectivity index (χ1) is 3.41. The van der Waals surface area contributed by atoms with Gasteiger partial charge in [-0.2, -0.15) is 0 Å². The van der Waals surface area contributed by atoms with Crippen LogP contribution in [0.3, 0.4) is 0 Å². The van der Waals surface area contributed by atoms with Crippen LogP contribution >= 0.6 is 0 Å². The van der Waals surface area contributed by atoms with E-state index in [1.165, 1.54) is 0 Å². The van der Waals surface area contributed by atoms with Crippen molar-refractivity contribution in [2.75, 3.05) is 0 Å². The number of rotatable bonds is 4. The van der Waals surface area contributed by atoms with Gasteiger partial charge in [0.2, 0.25) is 19.5 Å². The lowest BCUT2D eigenvalue weighted by molar-refractivity contribution is 0.497. The van der Waals surface area contributed by atoms with Crippen molar-refractivity contribution >= 4 is 29.5 Å². The predicted octanol–water partition coefficient (Wildman–Crippen LogP) is -0.112. The fourth-order valence-electron chi connectivity index (χ4n) is 0.104. The summed E-state index contributed by atoms with van der Waals surface area (Å²) in [6.45, 7) is 3.96. The van der Waals surface area contributed by atoms with E-state index in [4.69, 9.17) is 8.23 Å². The maximum absolute atomic E-state index is 4.91. The van der Waals surface area contributed by atoms with Gasteiger partial charge < -0.3 is 8.23 Å². The van der Waals surface area contributed by atoms with Crippen molar-refractivity contribution in [2.45, 2.75) is 13.1 Å². The van der Waals surface area contributed by atoms with Crippen LogP contribution in [0, 0.1) is 0 Å². The molecule has 0 aliphatic rings. The summed E-state index contributed by atoms with van der Waals surface area (Å²) in [6.07, 6.45) is 0. The molecule has 2 nitrogen and oxygen atoms in total. The maximum Gasteiger partial charge on any atom is 0.409 e. The summed E-state index contributed by atoms with van der Waals surface area (Å²) in [4.78, 5) is 0. The molecule has 38 valence electrons. The Morgan fingerprint density at radius 3 is 1.71 bits per heavy atom. The quantitative estimate of drug-likeness (QED) is 0.407. The molecule has 0 saturated carbocycles. The minimum absolute atomic E-state index is 0.257. The molecule has 6 radical (unpaired) electrons. The van der Waals surface area contributed by atoms with E-state index in [0.717, 1.165) is 0 Å². The second kappa shape index (κ2) is 6.57. The minimum Gasteiger partial charge on any atom is -0.435 e. The molecule has 0 heterocycles. The third-order valence-corrected chi connectivity index (χ3v) is 2.59. The van der Waals surface area contributed by atoms with Crippen LogP contribution in [-0.2, 0) is 8.23 Å². The Labute approximate surface area is 51.5 Å². The fourth-order valence-corrected chi connectivity index (χ4v) is 1.31. The summed E-state index contributed by atoms with van der Waals surface area (Å²) in [7, 11) is 1.38. The minimum atomic E-state index is 0.257. The van der Waals surface area contributed by atoms with E-state index in [-0.39, 0.29) is 10.0 Å². The molecule has 0 atom stereocenters. The molecule has 0 N–H and O–H groups in total. The molecule has 0 rings (SSSR count). The first kappa shape index (κ1) is 7.57. The van der Waals surface area contributed by atoms with Crippen LogP contribution in [0.1, 0.15) is 0 Å². The van der Waals surface area contributed by atoms with Crippen molar-refractivity contribution in [1.29, 1.82) is 0 Å². The predicted molar refractivity (Wildman–Crippen MR) is 31.2 cm³/mol. The zero-order chi connectivity index (χ0) is 5.54. The largest absolute Gasteiger partial charge is 0.435 e. The van der Waals surface area contributed by atoms with Crippen LogP contribution in [0.5, 0.6) is 0 Å². The highest BCUT2D eigenvalue weighted by Crippen LogP contribution is 1.66. The SMILES string of the molecule is C[Si]O[Si]O[Si]C. The van der Waals surface area contributed by atoms with E-state index in [9.17, 15) is 0 Å². The van der Waals surface area contributed by atoms with Crippen LogP contribution in [0.4, 0.5) is 0 Å². The van der Waals surface area contributed by atoms with E-state index in [1.54, 1.807) is 0 Å². The van der Waals surface area contributed by atoms with Gasteiger partial charge in [-0.25, -0.2) is 0 Å². The Morgan fingerprint density at radius 1 is 1.00 bits per heavy atom. The molecule has 0 bridgehead atoms. The molecular formula is C2H6O2Si3. The van der Waals surface area contributed by atoms with Crippen LogP contribution < -0.4 is 0 Å². The van der Waals surface area contributed by atoms with Crippen molar-refractivity contribution < 1.29 is 8.23 Å². The average Bonchev–Trinajstić information content (AvgIpc) is 1.69. The van der Waals surface area contributed by atoms with Gasteiger partial charge in [0.1, 0.15) is 0 Å². The Kier molecular flexibility index (Phi) is 7.11. The third kappa shape index (κ3) is 6.57. The van der Waals surface area contributed by atoms with Gasteiger partial charge in [0.05, 0.1) is 0 Å². The third-order valence-electron chi connectivity index (χ3n) is 0.287. The molecule has 0 amide bonds. The van der Waals surface area contributed by atoms with E-state index in [2.05, 4.69) is 0 Å². The van der Waals surface area contributed by atoms with Gasteiger partial charge in [-0.1, -0.05) is 0 Å². The molecule has 0 aromatic heterocycles. The lowest BCUT2D eigenvalue weighted by Crippen LogP contribution is -2.06. The molecular weight excluding hydrogens is 140 g/mol. The molecule has 0 aromatic carbocycles. The van der Waals surface area contributed by atoms with Crippen LogP contribution in [0.2, 0.25) is 13.1 Å². The van der Waals surface area contributed by atoms with Gasteiger partial charge in [-0.05, 0) is 13.1 Å². The Bertz CT molecular complexity index is 30.1. The second-order valence-corrected chi connectivity index (χ2v) is 3.31. The smallest absolute Gasteiger partial charge is 0.409 e. The van der Waals surface area contributed by atoms with Gasteiger partial charge >= 0.3 is 10.0 Å². The normalized spacial score (nSPS) is 9.43. The fraction of sp³-hybridized carbons (Fsp3) is 1.00. The lowest BCUT2D eigenvalue weighted by Gasteiger charge is -1.92. The van der Waals surface area contributed by atoms with E-state index < -0.39 is 0 Å². The van der Waals surface area contributed by atoms with Crippen molar-refractivity contribution in [3.8, 4) is 0 Å². The molecule has 0 spiro atoms. The molecule has 0 aromatic rings. The van der Waals surface area contributed by atoms with Crippen LogP contribution in [0.15, 0.2) is 0 Å². The molecule has 0 unspecified atom stereocenters. The van der Waals surface area contributed by atoms with Crippen molar-refractivity contribution in [3.63, 3.8) is 0 Å². The molecule has 0 aliphatic carbocycles. The summed E-state index contributed by atoms with van der Waals surface area (Å²) in [5.41, 5.74) is 0. The Morgan fingerprint density at radius 2 is 1.43 bits per heavy atom. The highest BCUT2D eigenvalue weighted by Gasteiger charge is 1.85. The molecule has 7 heavy (non-hydrogen) atoms. The zero-order valence-corrected chi connectivity index (χ0v) is 7.32. The maximum atomic E-state index is 4.91. The topological polar surface area (TPSA) is 18.5 Å². The van der Waals surface area contributed by atoms with Crippen LogP contribution in [0.25, 0.3) is 0 Å². The Hall–Kier alpha value is 0.571. The van der Waals surface area contributed by atoms with Gasteiger partial charge in [0.25, 0.3) is 0 Å². The lowest BCUT2D eigenvalue weighted by atomic mass is 11.9. The van der Waals surface area contributed by atoms with E-state index in [0.29, 0.717) is 19.5 Å². The van der Waals surface area contributed by atoms with Gasteiger partial charge in [-0.15, -0.1) is 0 Å². The van der Waals surface area contributed by atoms with Gasteiger partial charge in [0, 0.05) is 0 Å². The van der Waals surface area contributed by atoms with E-state index >= 15 is 0 Å². The zero-order valence-electron chi connectivity index (χ0n) is 4.32. The summed E-state index contributed by atoms with van der Waals surface area (Å²) >= 11 is 0. The highest BCUT2D eigenvalue weighted by molar-refractivity contribution is 6.44. The number of hydrogen-bond acceptors (Lipinski definition) is 2. The monoisotopic (exact) mass is 146 g/mol.